The van der Waals surface area contributed by atoms with E-state index in [1.807, 2.05) is 32.0 Å². The van der Waals surface area contributed by atoms with Gasteiger partial charge in [-0.1, -0.05) is 0 Å². The van der Waals surface area contributed by atoms with Gasteiger partial charge in [-0.05, 0) is 32.9 Å². The molecule has 0 saturated carbocycles. The van der Waals surface area contributed by atoms with Crippen molar-refractivity contribution >= 4 is 12.2 Å². The molecule has 1 aliphatic heterocycles. The van der Waals surface area contributed by atoms with E-state index in [2.05, 4.69) is 4.99 Å². The van der Waals surface area contributed by atoms with Crippen LogP contribution in [0.5, 0.6) is 11.5 Å². The van der Waals surface area contributed by atoms with Gasteiger partial charge in [0, 0.05) is 23.8 Å². The minimum Gasteiger partial charge on any atom is -0.494 e. The van der Waals surface area contributed by atoms with Crippen molar-refractivity contribution in [1.29, 1.82) is 5.26 Å². The Kier molecular flexibility index (Phi) is 6.19. The van der Waals surface area contributed by atoms with Gasteiger partial charge in [0.1, 0.15) is 17.6 Å². The number of esters is 1. The maximum Gasteiger partial charge on any atom is 0.328 e. The Hall–Kier alpha value is -2.55. The van der Waals surface area contributed by atoms with Gasteiger partial charge in [0.15, 0.2) is 5.92 Å². The Bertz CT molecular complexity index is 664. The van der Waals surface area contributed by atoms with Gasteiger partial charge in [0.25, 0.3) is 0 Å². The molecular formula is C18H22N2O4. The molecule has 0 fully saturated rings. The maximum absolute atomic E-state index is 11.6. The zero-order chi connectivity index (χ0) is 17.5. The van der Waals surface area contributed by atoms with Crippen molar-refractivity contribution in [3.05, 3.63) is 23.3 Å². The van der Waals surface area contributed by atoms with Gasteiger partial charge in [-0.25, -0.2) is 0 Å². The molecule has 2 atom stereocenters. The third-order valence-corrected chi connectivity index (χ3v) is 3.57. The van der Waals surface area contributed by atoms with Gasteiger partial charge in [0.05, 0.1) is 25.8 Å². The predicted octanol–water partition coefficient (Wildman–Crippen LogP) is 2.68. The highest BCUT2D eigenvalue weighted by atomic mass is 16.5. The fraction of sp³-hybridized carbons (Fsp3) is 0.500. The number of hydrogen-bond donors (Lipinski definition) is 0. The number of ether oxygens (including phenoxy) is 3. The smallest absolute Gasteiger partial charge is 0.328 e. The maximum atomic E-state index is 11.6. The molecule has 128 valence electrons. The van der Waals surface area contributed by atoms with Crippen LogP contribution in [0.4, 0.5) is 0 Å². The summed E-state index contributed by atoms with van der Waals surface area (Å²) in [7, 11) is 0. The molecular weight excluding hydrogens is 308 g/mol. The molecule has 0 aliphatic carbocycles. The molecule has 1 unspecified atom stereocenters. The van der Waals surface area contributed by atoms with Crippen LogP contribution in [-0.2, 0) is 22.5 Å². The first kappa shape index (κ1) is 17.8. The van der Waals surface area contributed by atoms with Crippen LogP contribution in [0.15, 0.2) is 17.1 Å². The van der Waals surface area contributed by atoms with Crippen molar-refractivity contribution in [3.63, 3.8) is 0 Å². The number of fused-ring (bicyclic) bond motifs is 1. The Balaban J connectivity index is 2.14. The molecule has 6 heteroatoms. The van der Waals surface area contributed by atoms with Crippen molar-refractivity contribution in [3.8, 4) is 17.6 Å². The standard InChI is InChI=1S/C18H22N2O4/c1-4-22-16-7-13-6-12(3)24-17(13)8-14(16)10-20-11-15(9-19)18(21)23-5-2/h7-8,11-12,15H,4-6,10H2,1-3H3/t12-,15?/m0/s1. The summed E-state index contributed by atoms with van der Waals surface area (Å²) in [6.45, 7) is 6.73. The average molecular weight is 330 g/mol. The van der Waals surface area contributed by atoms with E-state index in [4.69, 9.17) is 19.5 Å². The topological polar surface area (TPSA) is 80.9 Å². The van der Waals surface area contributed by atoms with Crippen molar-refractivity contribution in [2.75, 3.05) is 13.2 Å². The number of nitriles is 1. The summed E-state index contributed by atoms with van der Waals surface area (Å²) in [5.74, 6) is 0.0280. The highest BCUT2D eigenvalue weighted by molar-refractivity contribution is 5.92. The van der Waals surface area contributed by atoms with E-state index in [-0.39, 0.29) is 12.7 Å². The Labute approximate surface area is 142 Å². The average Bonchev–Trinajstić information content (AvgIpc) is 2.91. The number of nitrogens with zero attached hydrogens (tertiary/aromatic N) is 2. The predicted molar refractivity (Wildman–Crippen MR) is 89.3 cm³/mol. The Morgan fingerprint density at radius 2 is 2.29 bits per heavy atom. The summed E-state index contributed by atoms with van der Waals surface area (Å²) in [6, 6.07) is 5.79. The number of hydrogen-bond acceptors (Lipinski definition) is 6. The molecule has 0 saturated heterocycles. The second-order valence-corrected chi connectivity index (χ2v) is 5.48. The van der Waals surface area contributed by atoms with Crippen LogP contribution in [0, 0.1) is 17.2 Å². The molecule has 1 heterocycles. The van der Waals surface area contributed by atoms with Crippen molar-refractivity contribution < 1.29 is 19.0 Å². The summed E-state index contributed by atoms with van der Waals surface area (Å²) in [6.07, 6.45) is 2.34. The fourth-order valence-corrected chi connectivity index (χ4v) is 2.53. The van der Waals surface area contributed by atoms with Crippen molar-refractivity contribution in [1.82, 2.24) is 0 Å². The van der Waals surface area contributed by atoms with Crippen LogP contribution in [0.1, 0.15) is 31.9 Å². The first-order valence-corrected chi connectivity index (χ1v) is 8.10. The summed E-state index contributed by atoms with van der Waals surface area (Å²) < 4.78 is 16.3. The third-order valence-electron chi connectivity index (χ3n) is 3.57. The van der Waals surface area contributed by atoms with E-state index in [0.29, 0.717) is 13.2 Å². The van der Waals surface area contributed by atoms with Gasteiger partial charge in [-0.3, -0.25) is 9.79 Å². The van der Waals surface area contributed by atoms with Gasteiger partial charge < -0.3 is 14.2 Å². The molecule has 6 nitrogen and oxygen atoms in total. The van der Waals surface area contributed by atoms with Gasteiger partial charge in [-0.2, -0.15) is 5.26 Å². The minimum atomic E-state index is -0.994. The summed E-state index contributed by atoms with van der Waals surface area (Å²) >= 11 is 0. The molecule has 0 aromatic heterocycles. The van der Waals surface area contributed by atoms with E-state index in [1.165, 1.54) is 6.21 Å². The molecule has 0 spiro atoms. The minimum absolute atomic E-state index is 0.153. The van der Waals surface area contributed by atoms with Gasteiger partial charge >= 0.3 is 5.97 Å². The molecule has 24 heavy (non-hydrogen) atoms. The second-order valence-electron chi connectivity index (χ2n) is 5.48. The summed E-state index contributed by atoms with van der Waals surface area (Å²) in [4.78, 5) is 15.8. The van der Waals surface area contributed by atoms with Crippen LogP contribution >= 0.6 is 0 Å². The van der Waals surface area contributed by atoms with E-state index < -0.39 is 11.9 Å². The zero-order valence-corrected chi connectivity index (χ0v) is 14.2. The van der Waals surface area contributed by atoms with Gasteiger partial charge in [-0.15, -0.1) is 0 Å². The molecule has 1 aromatic rings. The lowest BCUT2D eigenvalue weighted by atomic mass is 10.1. The number of rotatable bonds is 7. The fourth-order valence-electron chi connectivity index (χ4n) is 2.53. The SMILES string of the molecule is CCOC(=O)C(C#N)C=NCc1cc2c(cc1OCC)C[C@H](C)O2. The molecule has 1 aliphatic rings. The largest absolute Gasteiger partial charge is 0.494 e. The first-order valence-electron chi connectivity index (χ1n) is 8.10. The Morgan fingerprint density at radius 3 is 2.96 bits per heavy atom. The van der Waals surface area contributed by atoms with Gasteiger partial charge in [0.2, 0.25) is 0 Å². The quantitative estimate of drug-likeness (QED) is 0.567. The molecule has 1 aromatic carbocycles. The molecule has 0 amide bonds. The van der Waals surface area contributed by atoms with Crippen LogP contribution in [0.3, 0.4) is 0 Å². The van der Waals surface area contributed by atoms with Crippen LogP contribution in [0.2, 0.25) is 0 Å². The lowest BCUT2D eigenvalue weighted by Crippen LogP contribution is -2.17. The molecule has 0 bridgehead atoms. The lowest BCUT2D eigenvalue weighted by molar-refractivity contribution is -0.143. The van der Waals surface area contributed by atoms with Crippen LogP contribution < -0.4 is 9.47 Å². The third kappa shape index (κ3) is 4.25. The Morgan fingerprint density at radius 1 is 1.50 bits per heavy atom. The van der Waals surface area contributed by atoms with Crippen molar-refractivity contribution in [2.24, 2.45) is 10.9 Å². The second kappa shape index (κ2) is 8.34. The van der Waals surface area contributed by atoms with E-state index in [9.17, 15) is 4.79 Å². The number of benzene rings is 1. The van der Waals surface area contributed by atoms with E-state index >= 15 is 0 Å². The van der Waals surface area contributed by atoms with Crippen LogP contribution in [-0.4, -0.2) is 31.5 Å². The highest BCUT2D eigenvalue weighted by Crippen LogP contribution is 2.35. The zero-order valence-electron chi connectivity index (χ0n) is 14.2. The monoisotopic (exact) mass is 330 g/mol. The number of carbonyl (C=O) groups is 1. The van der Waals surface area contributed by atoms with E-state index in [0.717, 1.165) is 29.0 Å². The number of carbonyl (C=O) groups excluding carboxylic acids is 1. The highest BCUT2D eigenvalue weighted by Gasteiger charge is 2.22. The lowest BCUT2D eigenvalue weighted by Gasteiger charge is -2.11. The summed E-state index contributed by atoms with van der Waals surface area (Å²) in [5.41, 5.74) is 1.99. The van der Waals surface area contributed by atoms with E-state index in [1.54, 1.807) is 6.92 Å². The van der Waals surface area contributed by atoms with Crippen molar-refractivity contribution in [2.45, 2.75) is 39.8 Å². The first-order chi connectivity index (χ1) is 11.6. The number of aliphatic imine (C=N–C) groups is 1. The normalized spacial score (nSPS) is 17.0. The molecule has 0 N–H and O–H groups in total. The summed E-state index contributed by atoms with van der Waals surface area (Å²) in [5, 5.41) is 9.03. The molecule has 0 radical (unpaired) electrons. The van der Waals surface area contributed by atoms with Crippen LogP contribution in [0.25, 0.3) is 0 Å². The molecule has 2 rings (SSSR count).